The van der Waals surface area contributed by atoms with Crippen LogP contribution in [0.3, 0.4) is 0 Å². The number of carbonyl (C=O) groups excluding carboxylic acids is 1. The molecule has 0 rings (SSSR count). The molecular weight excluding hydrogens is 214 g/mol. The van der Waals surface area contributed by atoms with E-state index in [1.54, 1.807) is 19.0 Å². The Morgan fingerprint density at radius 2 is 1.82 bits per heavy atom. The van der Waals surface area contributed by atoms with Crippen molar-refractivity contribution in [3.8, 4) is 6.07 Å². The van der Waals surface area contributed by atoms with E-state index in [0.29, 0.717) is 6.54 Å². The highest BCUT2D eigenvalue weighted by molar-refractivity contribution is 5.77. The van der Waals surface area contributed by atoms with E-state index in [0.717, 1.165) is 25.8 Å². The summed E-state index contributed by atoms with van der Waals surface area (Å²) in [6.45, 7) is 5.30. The molecule has 1 amide bonds. The summed E-state index contributed by atoms with van der Waals surface area (Å²) in [5.41, 5.74) is -0.224. The third-order valence-electron chi connectivity index (χ3n) is 2.80. The van der Waals surface area contributed by atoms with E-state index >= 15 is 0 Å². The highest BCUT2D eigenvalue weighted by Gasteiger charge is 2.15. The second-order valence-electron chi connectivity index (χ2n) is 5.48. The minimum Gasteiger partial charge on any atom is -0.348 e. The molecule has 0 N–H and O–H groups in total. The lowest BCUT2D eigenvalue weighted by Crippen LogP contribution is -2.34. The first-order valence-corrected chi connectivity index (χ1v) is 6.08. The van der Waals surface area contributed by atoms with Gasteiger partial charge in [-0.25, -0.2) is 0 Å². The van der Waals surface area contributed by atoms with Crippen LogP contribution in [-0.4, -0.2) is 49.9 Å². The number of amides is 1. The minimum atomic E-state index is -0.224. The maximum atomic E-state index is 11.4. The number of nitriles is 1. The Labute approximate surface area is 105 Å². The Hall–Kier alpha value is -1.08. The SMILES string of the molecule is CN(CCCCC(C)(C)C#N)CC(=O)N(C)C. The molecule has 0 saturated heterocycles. The number of carbonyl (C=O) groups is 1. The summed E-state index contributed by atoms with van der Waals surface area (Å²) in [5.74, 6) is 0.129. The van der Waals surface area contributed by atoms with Crippen LogP contribution in [0.25, 0.3) is 0 Å². The zero-order chi connectivity index (χ0) is 13.5. The molecule has 0 aliphatic carbocycles. The van der Waals surface area contributed by atoms with E-state index in [1.165, 1.54) is 0 Å². The third-order valence-corrected chi connectivity index (χ3v) is 2.80. The molecular formula is C13H25N3O. The van der Waals surface area contributed by atoms with E-state index in [1.807, 2.05) is 25.8 Å². The van der Waals surface area contributed by atoms with Crippen LogP contribution in [-0.2, 0) is 4.79 Å². The lowest BCUT2D eigenvalue weighted by atomic mass is 9.89. The van der Waals surface area contributed by atoms with Gasteiger partial charge in [0.2, 0.25) is 5.91 Å². The lowest BCUT2D eigenvalue weighted by Gasteiger charge is -2.20. The van der Waals surface area contributed by atoms with Gasteiger partial charge in [-0.1, -0.05) is 6.42 Å². The summed E-state index contributed by atoms with van der Waals surface area (Å²) >= 11 is 0. The van der Waals surface area contributed by atoms with Crippen molar-refractivity contribution in [1.82, 2.24) is 9.80 Å². The summed E-state index contributed by atoms with van der Waals surface area (Å²) < 4.78 is 0. The normalized spacial score (nSPS) is 11.4. The molecule has 0 aliphatic rings. The van der Waals surface area contributed by atoms with Crippen LogP contribution in [0.5, 0.6) is 0 Å². The van der Waals surface area contributed by atoms with Crippen molar-refractivity contribution in [2.75, 3.05) is 34.2 Å². The Balaban J connectivity index is 3.70. The van der Waals surface area contributed by atoms with Gasteiger partial charge < -0.3 is 4.90 Å². The van der Waals surface area contributed by atoms with Crippen LogP contribution in [0.1, 0.15) is 33.1 Å². The molecule has 4 heteroatoms. The van der Waals surface area contributed by atoms with Crippen LogP contribution >= 0.6 is 0 Å². The third kappa shape index (κ3) is 7.76. The van der Waals surface area contributed by atoms with E-state index in [2.05, 4.69) is 6.07 Å². The van der Waals surface area contributed by atoms with Gasteiger partial charge in [0.05, 0.1) is 18.0 Å². The molecule has 0 radical (unpaired) electrons. The second-order valence-corrected chi connectivity index (χ2v) is 5.48. The fraction of sp³-hybridized carbons (Fsp3) is 0.846. The zero-order valence-corrected chi connectivity index (χ0v) is 11.8. The molecule has 0 aromatic heterocycles. The number of rotatable bonds is 7. The molecule has 0 aromatic carbocycles. The van der Waals surface area contributed by atoms with Crippen LogP contribution in [0.2, 0.25) is 0 Å². The van der Waals surface area contributed by atoms with Gasteiger partial charge in [-0.05, 0) is 40.3 Å². The van der Waals surface area contributed by atoms with E-state index in [4.69, 9.17) is 5.26 Å². The van der Waals surface area contributed by atoms with Crippen molar-refractivity contribution in [3.05, 3.63) is 0 Å². The second kappa shape index (κ2) is 7.29. The maximum absolute atomic E-state index is 11.4. The van der Waals surface area contributed by atoms with Crippen LogP contribution in [0.15, 0.2) is 0 Å². The number of nitrogens with zero attached hydrogens (tertiary/aromatic N) is 3. The molecule has 0 fully saturated rings. The van der Waals surface area contributed by atoms with Crippen LogP contribution in [0, 0.1) is 16.7 Å². The van der Waals surface area contributed by atoms with Crippen molar-refractivity contribution in [2.24, 2.45) is 5.41 Å². The predicted octanol–water partition coefficient (Wildman–Crippen LogP) is 1.73. The molecule has 4 nitrogen and oxygen atoms in total. The summed E-state index contributed by atoms with van der Waals surface area (Å²) in [4.78, 5) is 15.1. The summed E-state index contributed by atoms with van der Waals surface area (Å²) in [6, 6.07) is 2.30. The fourth-order valence-corrected chi connectivity index (χ4v) is 1.46. The van der Waals surface area contributed by atoms with Crippen molar-refractivity contribution in [1.29, 1.82) is 5.26 Å². The molecule has 98 valence electrons. The number of hydrogen-bond acceptors (Lipinski definition) is 3. The summed E-state index contributed by atoms with van der Waals surface area (Å²) in [6.07, 6.45) is 2.97. The standard InChI is InChI=1S/C13H25N3O/c1-13(2,11-14)8-6-7-9-16(5)10-12(17)15(3)4/h6-10H2,1-5H3. The zero-order valence-electron chi connectivity index (χ0n) is 11.8. The van der Waals surface area contributed by atoms with Crippen LogP contribution in [0.4, 0.5) is 0 Å². The topological polar surface area (TPSA) is 47.3 Å². The van der Waals surface area contributed by atoms with Crippen molar-refractivity contribution < 1.29 is 4.79 Å². The van der Waals surface area contributed by atoms with Gasteiger partial charge in [-0.2, -0.15) is 5.26 Å². The number of hydrogen-bond donors (Lipinski definition) is 0. The minimum absolute atomic E-state index is 0.129. The molecule has 0 heterocycles. The number of unbranched alkanes of at least 4 members (excludes halogenated alkanes) is 1. The van der Waals surface area contributed by atoms with Crippen molar-refractivity contribution >= 4 is 5.91 Å². The molecule has 0 aliphatic heterocycles. The Kier molecular flexibility index (Phi) is 6.82. The molecule has 0 atom stereocenters. The summed E-state index contributed by atoms with van der Waals surface area (Å²) in [5, 5.41) is 8.87. The first kappa shape index (κ1) is 15.9. The lowest BCUT2D eigenvalue weighted by molar-refractivity contribution is -0.129. The molecule has 0 aromatic rings. The molecule has 0 bridgehead atoms. The first-order valence-electron chi connectivity index (χ1n) is 6.08. The average molecular weight is 239 g/mol. The van der Waals surface area contributed by atoms with Crippen molar-refractivity contribution in [3.63, 3.8) is 0 Å². The van der Waals surface area contributed by atoms with Gasteiger partial charge in [-0.3, -0.25) is 9.69 Å². The smallest absolute Gasteiger partial charge is 0.236 e. The van der Waals surface area contributed by atoms with Crippen LogP contribution < -0.4 is 0 Å². The first-order chi connectivity index (χ1) is 7.78. The molecule has 0 unspecified atom stereocenters. The van der Waals surface area contributed by atoms with E-state index < -0.39 is 0 Å². The average Bonchev–Trinajstić information content (AvgIpc) is 2.24. The summed E-state index contributed by atoms with van der Waals surface area (Å²) in [7, 11) is 5.49. The molecule has 0 spiro atoms. The maximum Gasteiger partial charge on any atom is 0.236 e. The fourth-order valence-electron chi connectivity index (χ4n) is 1.46. The highest BCUT2D eigenvalue weighted by atomic mass is 16.2. The monoisotopic (exact) mass is 239 g/mol. The van der Waals surface area contributed by atoms with E-state index in [-0.39, 0.29) is 11.3 Å². The van der Waals surface area contributed by atoms with Gasteiger partial charge in [-0.15, -0.1) is 0 Å². The van der Waals surface area contributed by atoms with E-state index in [9.17, 15) is 4.79 Å². The molecule has 0 saturated carbocycles. The van der Waals surface area contributed by atoms with Gasteiger partial charge >= 0.3 is 0 Å². The van der Waals surface area contributed by atoms with Gasteiger partial charge in [0.25, 0.3) is 0 Å². The van der Waals surface area contributed by atoms with Gasteiger partial charge in [0, 0.05) is 14.1 Å². The number of likely N-dealkylation sites (N-methyl/N-ethyl adjacent to an activating group) is 2. The largest absolute Gasteiger partial charge is 0.348 e. The Bertz CT molecular complexity index is 279. The van der Waals surface area contributed by atoms with Crippen molar-refractivity contribution in [2.45, 2.75) is 33.1 Å². The van der Waals surface area contributed by atoms with Gasteiger partial charge in [0.1, 0.15) is 0 Å². The quantitative estimate of drug-likeness (QED) is 0.636. The van der Waals surface area contributed by atoms with Gasteiger partial charge in [0.15, 0.2) is 0 Å². The Morgan fingerprint density at radius 3 is 2.29 bits per heavy atom. The highest BCUT2D eigenvalue weighted by Crippen LogP contribution is 2.21. The molecule has 17 heavy (non-hydrogen) atoms. The Morgan fingerprint density at radius 1 is 1.24 bits per heavy atom. The predicted molar refractivity (Wildman–Crippen MR) is 69.4 cm³/mol.